The molecule has 0 unspecified atom stereocenters. The third kappa shape index (κ3) is 7.95. The van der Waals surface area contributed by atoms with Gasteiger partial charge in [-0.25, -0.2) is 4.39 Å². The van der Waals surface area contributed by atoms with Crippen LogP contribution in [0, 0.1) is 11.2 Å². The molecule has 0 heterocycles. The number of anilines is 3. The molecule has 0 spiro atoms. The Morgan fingerprint density at radius 2 is 1.34 bits per heavy atom. The molecule has 0 aliphatic carbocycles. The SMILES string of the molecule is CC(C)(C)C(=O)Nc1cccc(NC(=O)CSCC(=O)Nc2ccc(F)cc2)c1. The molecule has 154 valence electrons. The van der Waals surface area contributed by atoms with Crippen LogP contribution in [-0.2, 0) is 14.4 Å². The summed E-state index contributed by atoms with van der Waals surface area (Å²) in [5.41, 5.74) is 1.12. The summed E-state index contributed by atoms with van der Waals surface area (Å²) in [5.74, 6) is -0.855. The van der Waals surface area contributed by atoms with E-state index in [9.17, 15) is 18.8 Å². The number of hydrogen-bond donors (Lipinski definition) is 3. The molecule has 0 aliphatic rings. The zero-order chi connectivity index (χ0) is 21.4. The highest BCUT2D eigenvalue weighted by Gasteiger charge is 2.21. The smallest absolute Gasteiger partial charge is 0.234 e. The van der Waals surface area contributed by atoms with Crippen molar-refractivity contribution in [2.75, 3.05) is 27.5 Å². The van der Waals surface area contributed by atoms with Crippen molar-refractivity contribution in [2.24, 2.45) is 5.41 Å². The normalized spacial score (nSPS) is 10.9. The maximum Gasteiger partial charge on any atom is 0.234 e. The van der Waals surface area contributed by atoms with E-state index in [4.69, 9.17) is 0 Å². The molecule has 2 aromatic carbocycles. The molecule has 29 heavy (non-hydrogen) atoms. The summed E-state index contributed by atoms with van der Waals surface area (Å²) >= 11 is 1.16. The largest absolute Gasteiger partial charge is 0.326 e. The minimum Gasteiger partial charge on any atom is -0.326 e. The summed E-state index contributed by atoms with van der Waals surface area (Å²) < 4.78 is 12.9. The Labute approximate surface area is 173 Å². The van der Waals surface area contributed by atoms with Gasteiger partial charge in [0.05, 0.1) is 11.5 Å². The summed E-state index contributed by atoms with van der Waals surface area (Å²) in [6, 6.07) is 12.3. The van der Waals surface area contributed by atoms with Gasteiger partial charge in [0.2, 0.25) is 17.7 Å². The Morgan fingerprint density at radius 1 is 0.828 bits per heavy atom. The summed E-state index contributed by atoms with van der Waals surface area (Å²) in [5, 5.41) is 8.18. The lowest BCUT2D eigenvalue weighted by molar-refractivity contribution is -0.123. The fourth-order valence-electron chi connectivity index (χ4n) is 2.16. The Balaban J connectivity index is 1.77. The zero-order valence-corrected chi connectivity index (χ0v) is 17.4. The molecule has 0 fully saturated rings. The minimum atomic E-state index is -0.523. The van der Waals surface area contributed by atoms with Crippen LogP contribution in [0.15, 0.2) is 48.5 Å². The van der Waals surface area contributed by atoms with E-state index in [1.54, 1.807) is 24.3 Å². The van der Waals surface area contributed by atoms with Crippen molar-refractivity contribution in [1.29, 1.82) is 0 Å². The maximum atomic E-state index is 12.9. The highest BCUT2D eigenvalue weighted by molar-refractivity contribution is 8.00. The van der Waals surface area contributed by atoms with E-state index in [-0.39, 0.29) is 35.0 Å². The third-order valence-electron chi connectivity index (χ3n) is 3.68. The van der Waals surface area contributed by atoms with Gasteiger partial charge < -0.3 is 16.0 Å². The quantitative estimate of drug-likeness (QED) is 0.632. The molecule has 0 bridgehead atoms. The van der Waals surface area contributed by atoms with Crippen molar-refractivity contribution < 1.29 is 18.8 Å². The van der Waals surface area contributed by atoms with E-state index in [2.05, 4.69) is 16.0 Å². The Morgan fingerprint density at radius 3 is 1.90 bits per heavy atom. The van der Waals surface area contributed by atoms with Gasteiger partial charge in [0.1, 0.15) is 5.82 Å². The molecule has 0 aliphatic heterocycles. The Bertz CT molecular complexity index is 879. The minimum absolute atomic E-state index is 0.0898. The molecule has 0 saturated carbocycles. The second kappa shape index (κ2) is 10.1. The summed E-state index contributed by atoms with van der Waals surface area (Å²) in [6.07, 6.45) is 0. The second-order valence-electron chi connectivity index (χ2n) is 7.38. The summed E-state index contributed by atoms with van der Waals surface area (Å²) in [4.78, 5) is 36.0. The Kier molecular flexibility index (Phi) is 7.78. The molecular weight excluding hydrogens is 393 g/mol. The zero-order valence-electron chi connectivity index (χ0n) is 16.5. The van der Waals surface area contributed by atoms with Crippen molar-refractivity contribution in [3.8, 4) is 0 Å². The van der Waals surface area contributed by atoms with Crippen LogP contribution in [0.1, 0.15) is 20.8 Å². The molecular formula is C21H24FN3O3S. The first-order valence-electron chi connectivity index (χ1n) is 8.98. The average molecular weight is 418 g/mol. The second-order valence-corrected chi connectivity index (χ2v) is 8.37. The lowest BCUT2D eigenvalue weighted by Crippen LogP contribution is -2.27. The molecule has 0 aromatic heterocycles. The first-order valence-corrected chi connectivity index (χ1v) is 10.1. The molecule has 0 saturated heterocycles. The van der Waals surface area contributed by atoms with Crippen molar-refractivity contribution in [3.05, 3.63) is 54.3 Å². The van der Waals surface area contributed by atoms with Gasteiger partial charge in [0.15, 0.2) is 0 Å². The van der Waals surface area contributed by atoms with Crippen molar-refractivity contribution in [1.82, 2.24) is 0 Å². The average Bonchev–Trinajstić information content (AvgIpc) is 2.63. The molecule has 3 amide bonds. The fourth-order valence-corrected chi connectivity index (χ4v) is 2.77. The van der Waals surface area contributed by atoms with Gasteiger partial charge in [-0.15, -0.1) is 11.8 Å². The van der Waals surface area contributed by atoms with Crippen LogP contribution in [0.2, 0.25) is 0 Å². The molecule has 2 aromatic rings. The highest BCUT2D eigenvalue weighted by Crippen LogP contribution is 2.20. The van der Waals surface area contributed by atoms with Gasteiger partial charge in [0.25, 0.3) is 0 Å². The van der Waals surface area contributed by atoms with Gasteiger partial charge in [-0.2, -0.15) is 0 Å². The van der Waals surface area contributed by atoms with Gasteiger partial charge >= 0.3 is 0 Å². The predicted molar refractivity (Wildman–Crippen MR) is 116 cm³/mol. The van der Waals surface area contributed by atoms with Crippen LogP contribution in [0.4, 0.5) is 21.5 Å². The van der Waals surface area contributed by atoms with Gasteiger partial charge in [-0.1, -0.05) is 26.8 Å². The first-order chi connectivity index (χ1) is 13.6. The number of thioether (sulfide) groups is 1. The van der Waals surface area contributed by atoms with Crippen molar-refractivity contribution in [3.63, 3.8) is 0 Å². The number of carbonyl (C=O) groups is 3. The van der Waals surface area contributed by atoms with E-state index in [1.165, 1.54) is 24.3 Å². The summed E-state index contributed by atoms with van der Waals surface area (Å²) in [7, 11) is 0. The van der Waals surface area contributed by atoms with Crippen LogP contribution in [0.25, 0.3) is 0 Å². The molecule has 3 N–H and O–H groups in total. The highest BCUT2D eigenvalue weighted by atomic mass is 32.2. The Hall–Kier alpha value is -2.87. The number of amides is 3. The molecule has 8 heteroatoms. The summed E-state index contributed by atoms with van der Waals surface area (Å²) in [6.45, 7) is 5.45. The standard InChI is InChI=1S/C21H24FN3O3S/c1-21(2,3)20(28)25-17-6-4-5-16(11-17)24-19(27)13-29-12-18(26)23-15-9-7-14(22)8-10-15/h4-11H,12-13H2,1-3H3,(H,23,26)(H,24,27)(H,25,28). The number of rotatable bonds is 7. The number of carbonyl (C=O) groups excluding carboxylic acids is 3. The van der Waals surface area contributed by atoms with Crippen LogP contribution in [0.3, 0.4) is 0 Å². The van der Waals surface area contributed by atoms with Crippen LogP contribution in [0.5, 0.6) is 0 Å². The van der Waals surface area contributed by atoms with Crippen LogP contribution in [-0.4, -0.2) is 29.2 Å². The van der Waals surface area contributed by atoms with E-state index in [0.717, 1.165) is 11.8 Å². The molecule has 6 nitrogen and oxygen atoms in total. The van der Waals surface area contributed by atoms with E-state index < -0.39 is 5.41 Å². The number of nitrogens with one attached hydrogen (secondary N) is 3. The monoisotopic (exact) mass is 417 g/mol. The predicted octanol–water partition coefficient (Wildman–Crippen LogP) is 4.12. The van der Waals surface area contributed by atoms with E-state index in [0.29, 0.717) is 17.1 Å². The fraction of sp³-hybridized carbons (Fsp3) is 0.286. The lowest BCUT2D eigenvalue weighted by atomic mass is 9.95. The van der Waals surface area contributed by atoms with Gasteiger partial charge in [-0.3, -0.25) is 14.4 Å². The van der Waals surface area contributed by atoms with E-state index >= 15 is 0 Å². The van der Waals surface area contributed by atoms with E-state index in [1.807, 2.05) is 20.8 Å². The van der Waals surface area contributed by atoms with Gasteiger partial charge in [-0.05, 0) is 42.5 Å². The van der Waals surface area contributed by atoms with Crippen molar-refractivity contribution >= 4 is 46.5 Å². The molecule has 0 radical (unpaired) electrons. The molecule has 0 atom stereocenters. The van der Waals surface area contributed by atoms with Gasteiger partial charge in [0, 0.05) is 22.5 Å². The van der Waals surface area contributed by atoms with Crippen LogP contribution < -0.4 is 16.0 Å². The van der Waals surface area contributed by atoms with Crippen molar-refractivity contribution in [2.45, 2.75) is 20.8 Å². The number of benzene rings is 2. The molecule has 2 rings (SSSR count). The lowest BCUT2D eigenvalue weighted by Gasteiger charge is -2.18. The third-order valence-corrected chi connectivity index (χ3v) is 4.61. The maximum absolute atomic E-state index is 12.9. The number of halogens is 1. The number of hydrogen-bond acceptors (Lipinski definition) is 4. The first kappa shape index (κ1) is 22.4. The van der Waals surface area contributed by atoms with Crippen LogP contribution >= 0.6 is 11.8 Å². The topological polar surface area (TPSA) is 87.3 Å².